The van der Waals surface area contributed by atoms with Gasteiger partial charge in [0.25, 0.3) is 0 Å². The number of anilines is 3. The zero-order valence-electron chi connectivity index (χ0n) is 13.9. The maximum Gasteiger partial charge on any atom is 0.243 e. The smallest absolute Gasteiger partial charge is 0.243 e. The summed E-state index contributed by atoms with van der Waals surface area (Å²) in [7, 11) is 0. The van der Waals surface area contributed by atoms with Crippen LogP contribution in [0.25, 0.3) is 0 Å². The van der Waals surface area contributed by atoms with E-state index < -0.39 is 0 Å². The van der Waals surface area contributed by atoms with Crippen molar-refractivity contribution in [3.05, 3.63) is 52.5 Å². The maximum atomic E-state index is 12.1. The fourth-order valence-corrected chi connectivity index (χ4v) is 2.45. The van der Waals surface area contributed by atoms with Gasteiger partial charge in [0.1, 0.15) is 0 Å². The van der Waals surface area contributed by atoms with E-state index in [4.69, 9.17) is 23.2 Å². The molecule has 0 bridgehead atoms. The normalized spacial score (nSPS) is 10.4. The fraction of sp³-hybridized carbons (Fsp3) is 0.222. The van der Waals surface area contributed by atoms with Crippen LogP contribution in [0.4, 0.5) is 17.1 Å². The van der Waals surface area contributed by atoms with Crippen LogP contribution in [0.5, 0.6) is 0 Å². The van der Waals surface area contributed by atoms with Gasteiger partial charge < -0.3 is 16.0 Å². The van der Waals surface area contributed by atoms with E-state index in [2.05, 4.69) is 16.0 Å². The molecule has 2 aromatic carbocycles. The first-order chi connectivity index (χ1) is 11.8. The number of nitrogens with one attached hydrogen (secondary N) is 3. The number of hydrogen-bond acceptors (Lipinski definition) is 3. The molecule has 0 atom stereocenters. The molecule has 25 heavy (non-hydrogen) atoms. The molecule has 0 radical (unpaired) electrons. The zero-order chi connectivity index (χ0) is 18.4. The molecule has 5 nitrogen and oxygen atoms in total. The minimum absolute atomic E-state index is 0.0456. The Hall–Kier alpha value is -2.24. The van der Waals surface area contributed by atoms with Crippen molar-refractivity contribution < 1.29 is 9.59 Å². The zero-order valence-corrected chi connectivity index (χ0v) is 15.4. The van der Waals surface area contributed by atoms with Gasteiger partial charge in [0.2, 0.25) is 11.8 Å². The molecule has 0 aliphatic heterocycles. The Morgan fingerprint density at radius 1 is 1.00 bits per heavy atom. The molecule has 2 aromatic rings. The molecule has 3 N–H and O–H groups in total. The molecular weight excluding hydrogens is 361 g/mol. The third-order valence-electron chi connectivity index (χ3n) is 3.31. The number of carbonyl (C=O) groups excluding carboxylic acids is 2. The van der Waals surface area contributed by atoms with Crippen molar-refractivity contribution in [3.63, 3.8) is 0 Å². The summed E-state index contributed by atoms with van der Waals surface area (Å²) in [4.78, 5) is 23.8. The Kier molecular flexibility index (Phi) is 6.67. The molecule has 0 aliphatic carbocycles. The maximum absolute atomic E-state index is 12.1. The van der Waals surface area contributed by atoms with Crippen molar-refractivity contribution in [2.24, 2.45) is 5.92 Å². The molecule has 0 fully saturated rings. The quantitative estimate of drug-likeness (QED) is 0.684. The summed E-state index contributed by atoms with van der Waals surface area (Å²) in [6, 6.07) is 12.0. The lowest BCUT2D eigenvalue weighted by atomic mass is 10.2. The Morgan fingerprint density at radius 3 is 2.32 bits per heavy atom. The van der Waals surface area contributed by atoms with Gasteiger partial charge in [-0.05, 0) is 36.4 Å². The summed E-state index contributed by atoms with van der Waals surface area (Å²) >= 11 is 11.9. The monoisotopic (exact) mass is 379 g/mol. The molecule has 0 unspecified atom stereocenters. The predicted octanol–water partition coefficient (Wildman–Crippen LogP) is 4.64. The molecule has 0 saturated carbocycles. The first kappa shape index (κ1) is 19.1. The van der Waals surface area contributed by atoms with E-state index in [9.17, 15) is 9.59 Å². The standard InChI is InChI=1S/C18H19Cl2N3O2/c1-11(2)18(25)23-14-5-3-4-13(9-14)22-17(24)10-21-16-7-6-12(19)8-15(16)20/h3-9,11,21H,10H2,1-2H3,(H,22,24)(H,23,25). The number of carbonyl (C=O) groups is 2. The summed E-state index contributed by atoms with van der Waals surface area (Å²) in [6.45, 7) is 3.67. The lowest BCUT2D eigenvalue weighted by Crippen LogP contribution is -2.22. The summed E-state index contributed by atoms with van der Waals surface area (Å²) in [6.07, 6.45) is 0. The minimum atomic E-state index is -0.238. The van der Waals surface area contributed by atoms with E-state index in [-0.39, 0.29) is 24.3 Å². The lowest BCUT2D eigenvalue weighted by molar-refractivity contribution is -0.119. The Bertz CT molecular complexity index is 779. The van der Waals surface area contributed by atoms with Gasteiger partial charge >= 0.3 is 0 Å². The Balaban J connectivity index is 1.93. The molecule has 2 amide bonds. The van der Waals surface area contributed by atoms with Gasteiger partial charge in [-0.25, -0.2) is 0 Å². The van der Waals surface area contributed by atoms with E-state index in [0.29, 0.717) is 27.1 Å². The summed E-state index contributed by atoms with van der Waals surface area (Å²) < 4.78 is 0. The highest BCUT2D eigenvalue weighted by molar-refractivity contribution is 6.36. The van der Waals surface area contributed by atoms with Crippen LogP contribution in [0, 0.1) is 5.92 Å². The average Bonchev–Trinajstić information content (AvgIpc) is 2.54. The second-order valence-electron chi connectivity index (χ2n) is 5.75. The first-order valence-corrected chi connectivity index (χ1v) is 8.50. The van der Waals surface area contributed by atoms with Crippen molar-refractivity contribution in [3.8, 4) is 0 Å². The second kappa shape index (κ2) is 8.74. The number of amides is 2. The van der Waals surface area contributed by atoms with Gasteiger partial charge in [-0.3, -0.25) is 9.59 Å². The molecule has 2 rings (SSSR count). The molecule has 0 saturated heterocycles. The van der Waals surface area contributed by atoms with E-state index in [0.717, 1.165) is 0 Å². The predicted molar refractivity (Wildman–Crippen MR) is 103 cm³/mol. The van der Waals surface area contributed by atoms with Crippen LogP contribution < -0.4 is 16.0 Å². The molecule has 0 aromatic heterocycles. The summed E-state index contributed by atoms with van der Waals surface area (Å²) in [5, 5.41) is 9.47. The Morgan fingerprint density at radius 2 is 1.68 bits per heavy atom. The van der Waals surface area contributed by atoms with Gasteiger partial charge in [0.05, 0.1) is 17.3 Å². The van der Waals surface area contributed by atoms with Crippen molar-refractivity contribution >= 4 is 52.1 Å². The van der Waals surface area contributed by atoms with E-state index >= 15 is 0 Å². The highest BCUT2D eigenvalue weighted by Gasteiger charge is 2.09. The van der Waals surface area contributed by atoms with Gasteiger partial charge in [-0.2, -0.15) is 0 Å². The van der Waals surface area contributed by atoms with Gasteiger partial charge in [0, 0.05) is 22.3 Å². The highest BCUT2D eigenvalue weighted by atomic mass is 35.5. The number of benzene rings is 2. The van der Waals surface area contributed by atoms with E-state index in [1.807, 2.05) is 13.8 Å². The Labute approximate surface area is 156 Å². The van der Waals surface area contributed by atoms with Crippen LogP contribution in [-0.4, -0.2) is 18.4 Å². The lowest BCUT2D eigenvalue weighted by Gasteiger charge is -2.11. The van der Waals surface area contributed by atoms with Crippen LogP contribution in [0.15, 0.2) is 42.5 Å². The molecule has 132 valence electrons. The third-order valence-corrected chi connectivity index (χ3v) is 3.86. The van der Waals surface area contributed by atoms with Gasteiger partial charge in [-0.1, -0.05) is 43.1 Å². The van der Waals surface area contributed by atoms with Crippen molar-refractivity contribution in [1.82, 2.24) is 0 Å². The topological polar surface area (TPSA) is 70.2 Å². The summed E-state index contributed by atoms with van der Waals surface area (Å²) in [5.74, 6) is -0.438. The molecule has 7 heteroatoms. The van der Waals surface area contributed by atoms with Crippen molar-refractivity contribution in [1.29, 1.82) is 0 Å². The third kappa shape index (κ3) is 5.96. The highest BCUT2D eigenvalue weighted by Crippen LogP contribution is 2.25. The number of hydrogen-bond donors (Lipinski definition) is 3. The molecule has 0 spiro atoms. The van der Waals surface area contributed by atoms with Crippen LogP contribution >= 0.6 is 23.2 Å². The molecule has 0 aliphatic rings. The molecule has 0 heterocycles. The number of halogens is 2. The SMILES string of the molecule is CC(C)C(=O)Nc1cccc(NC(=O)CNc2ccc(Cl)cc2Cl)c1. The minimum Gasteiger partial charge on any atom is -0.375 e. The first-order valence-electron chi connectivity index (χ1n) is 7.75. The van der Waals surface area contributed by atoms with Crippen LogP contribution in [0.1, 0.15) is 13.8 Å². The number of rotatable bonds is 6. The largest absolute Gasteiger partial charge is 0.375 e. The summed E-state index contributed by atoms with van der Waals surface area (Å²) in [5.41, 5.74) is 1.85. The fourth-order valence-electron chi connectivity index (χ4n) is 1.97. The van der Waals surface area contributed by atoms with Crippen LogP contribution in [0.2, 0.25) is 10.0 Å². The average molecular weight is 380 g/mol. The van der Waals surface area contributed by atoms with E-state index in [1.54, 1.807) is 42.5 Å². The van der Waals surface area contributed by atoms with Gasteiger partial charge in [-0.15, -0.1) is 0 Å². The van der Waals surface area contributed by atoms with E-state index in [1.165, 1.54) is 0 Å². The van der Waals surface area contributed by atoms with Crippen molar-refractivity contribution in [2.45, 2.75) is 13.8 Å². The molecular formula is C18H19Cl2N3O2. The van der Waals surface area contributed by atoms with Crippen LogP contribution in [-0.2, 0) is 9.59 Å². The van der Waals surface area contributed by atoms with Crippen molar-refractivity contribution in [2.75, 3.05) is 22.5 Å². The van der Waals surface area contributed by atoms with Gasteiger partial charge in [0.15, 0.2) is 0 Å². The van der Waals surface area contributed by atoms with Crippen LogP contribution in [0.3, 0.4) is 0 Å². The second-order valence-corrected chi connectivity index (χ2v) is 6.59.